The van der Waals surface area contributed by atoms with Crippen molar-refractivity contribution in [2.24, 2.45) is 0 Å². The molecule has 6 nitrogen and oxygen atoms in total. The lowest BCUT2D eigenvalue weighted by atomic mass is 10.1. The number of piperazine rings is 1. The molecule has 0 saturated carbocycles. The second-order valence-electron chi connectivity index (χ2n) is 8.28. The fourth-order valence-corrected chi connectivity index (χ4v) is 4.15. The van der Waals surface area contributed by atoms with Crippen molar-refractivity contribution in [1.29, 1.82) is 0 Å². The van der Waals surface area contributed by atoms with Gasteiger partial charge in [0.2, 0.25) is 0 Å². The van der Waals surface area contributed by atoms with Gasteiger partial charge in [0.25, 0.3) is 5.91 Å². The van der Waals surface area contributed by atoms with E-state index in [9.17, 15) is 4.79 Å². The van der Waals surface area contributed by atoms with Gasteiger partial charge in [-0.05, 0) is 48.9 Å². The first-order chi connectivity index (χ1) is 16.7. The number of anilines is 1. The van der Waals surface area contributed by atoms with Crippen molar-refractivity contribution < 1.29 is 9.53 Å². The highest BCUT2D eigenvalue weighted by Gasteiger charge is 2.25. The van der Waals surface area contributed by atoms with Gasteiger partial charge in [-0.25, -0.2) is 0 Å². The fraction of sp³-hybridized carbons (Fsp3) is 0.179. The molecular formula is C28H26N4O2. The monoisotopic (exact) mass is 450 g/mol. The van der Waals surface area contributed by atoms with Crippen LogP contribution in [0.25, 0.3) is 11.3 Å². The molecule has 1 amide bonds. The van der Waals surface area contributed by atoms with Crippen LogP contribution in [0.5, 0.6) is 11.5 Å². The smallest absolute Gasteiger partial charge is 0.257 e. The lowest BCUT2D eigenvalue weighted by molar-refractivity contribution is 0.0744. The van der Waals surface area contributed by atoms with Crippen LogP contribution in [-0.4, -0.2) is 47.2 Å². The molecule has 2 heterocycles. The summed E-state index contributed by atoms with van der Waals surface area (Å²) in [5.74, 6) is 2.09. The number of nitrogens with zero attached hydrogens (tertiary/aromatic N) is 4. The Balaban J connectivity index is 1.24. The number of hydrogen-bond acceptors (Lipinski definition) is 5. The lowest BCUT2D eigenvalue weighted by Crippen LogP contribution is -2.49. The molecule has 1 fully saturated rings. The van der Waals surface area contributed by atoms with Crippen LogP contribution in [0.1, 0.15) is 15.9 Å². The zero-order valence-corrected chi connectivity index (χ0v) is 19.1. The van der Waals surface area contributed by atoms with Gasteiger partial charge >= 0.3 is 0 Å². The van der Waals surface area contributed by atoms with Crippen LogP contribution in [0.3, 0.4) is 0 Å². The third-order valence-electron chi connectivity index (χ3n) is 6.05. The van der Waals surface area contributed by atoms with Crippen molar-refractivity contribution in [2.45, 2.75) is 6.92 Å². The number of aromatic nitrogens is 2. The summed E-state index contributed by atoms with van der Waals surface area (Å²) >= 11 is 0. The van der Waals surface area contributed by atoms with E-state index in [2.05, 4.69) is 34.2 Å². The quantitative estimate of drug-likeness (QED) is 0.418. The van der Waals surface area contributed by atoms with Crippen LogP contribution >= 0.6 is 0 Å². The molecule has 0 bridgehead atoms. The Morgan fingerprint density at radius 1 is 0.765 bits per heavy atom. The van der Waals surface area contributed by atoms with Gasteiger partial charge in [0.05, 0.1) is 11.3 Å². The summed E-state index contributed by atoms with van der Waals surface area (Å²) in [4.78, 5) is 17.3. The maximum Gasteiger partial charge on any atom is 0.257 e. The molecule has 1 saturated heterocycles. The normalized spacial score (nSPS) is 13.6. The molecule has 3 aromatic carbocycles. The number of carbonyl (C=O) groups excluding carboxylic acids is 1. The van der Waals surface area contributed by atoms with Gasteiger partial charge in [-0.1, -0.05) is 54.6 Å². The summed E-state index contributed by atoms with van der Waals surface area (Å²) in [6.07, 6.45) is 0. The molecule has 0 N–H and O–H groups in total. The molecule has 34 heavy (non-hydrogen) atoms. The van der Waals surface area contributed by atoms with Gasteiger partial charge in [-0.15, -0.1) is 10.2 Å². The van der Waals surface area contributed by atoms with E-state index >= 15 is 0 Å². The van der Waals surface area contributed by atoms with Crippen LogP contribution in [0, 0.1) is 6.92 Å². The minimum Gasteiger partial charge on any atom is -0.457 e. The van der Waals surface area contributed by atoms with Gasteiger partial charge in [0.1, 0.15) is 11.5 Å². The Morgan fingerprint density at radius 3 is 2.21 bits per heavy atom. The van der Waals surface area contributed by atoms with Crippen LogP contribution in [0.2, 0.25) is 0 Å². The van der Waals surface area contributed by atoms with E-state index in [0.29, 0.717) is 43.2 Å². The van der Waals surface area contributed by atoms with Crippen molar-refractivity contribution in [2.75, 3.05) is 31.1 Å². The molecule has 0 radical (unpaired) electrons. The van der Waals surface area contributed by atoms with Crippen molar-refractivity contribution in [1.82, 2.24) is 15.1 Å². The molecule has 1 aromatic heterocycles. The number of amides is 1. The van der Waals surface area contributed by atoms with E-state index in [0.717, 1.165) is 17.1 Å². The molecule has 0 aliphatic carbocycles. The second kappa shape index (κ2) is 9.75. The molecule has 170 valence electrons. The first-order valence-corrected chi connectivity index (χ1v) is 11.4. The molecule has 0 unspecified atom stereocenters. The van der Waals surface area contributed by atoms with E-state index in [4.69, 9.17) is 4.74 Å². The highest BCUT2D eigenvalue weighted by molar-refractivity contribution is 5.97. The number of rotatable bonds is 5. The first kappa shape index (κ1) is 21.6. The Morgan fingerprint density at radius 2 is 1.47 bits per heavy atom. The fourth-order valence-electron chi connectivity index (χ4n) is 4.15. The minimum absolute atomic E-state index is 0.0211. The summed E-state index contributed by atoms with van der Waals surface area (Å²) in [6.45, 7) is 4.70. The number of benzene rings is 3. The number of carbonyl (C=O) groups is 1. The zero-order valence-electron chi connectivity index (χ0n) is 19.1. The average molecular weight is 451 g/mol. The SMILES string of the molecule is Cc1ccccc1-c1ccc(N2CCN(C(=O)c3ccccc3Oc3ccccc3)CC2)nn1. The van der Waals surface area contributed by atoms with Crippen molar-refractivity contribution in [3.8, 4) is 22.8 Å². The number of aryl methyl sites for hydroxylation is 1. The topological polar surface area (TPSA) is 58.6 Å². The first-order valence-electron chi connectivity index (χ1n) is 11.4. The minimum atomic E-state index is -0.0211. The summed E-state index contributed by atoms with van der Waals surface area (Å²) in [6, 6.07) is 29.1. The maximum absolute atomic E-state index is 13.3. The Kier molecular flexibility index (Phi) is 6.21. The van der Waals surface area contributed by atoms with Gasteiger partial charge < -0.3 is 14.5 Å². The summed E-state index contributed by atoms with van der Waals surface area (Å²) in [5, 5.41) is 8.91. The number of para-hydroxylation sites is 2. The molecular weight excluding hydrogens is 424 g/mol. The summed E-state index contributed by atoms with van der Waals surface area (Å²) in [7, 11) is 0. The predicted molar refractivity (Wildman–Crippen MR) is 133 cm³/mol. The van der Waals surface area contributed by atoms with E-state index in [-0.39, 0.29) is 5.91 Å². The average Bonchev–Trinajstić information content (AvgIpc) is 2.90. The molecule has 6 heteroatoms. The van der Waals surface area contributed by atoms with Gasteiger partial charge in [-0.2, -0.15) is 0 Å². The summed E-state index contributed by atoms with van der Waals surface area (Å²) in [5.41, 5.74) is 3.70. The van der Waals surface area contributed by atoms with Gasteiger partial charge in [0, 0.05) is 31.7 Å². The molecule has 1 aliphatic heterocycles. The third kappa shape index (κ3) is 4.62. The third-order valence-corrected chi connectivity index (χ3v) is 6.05. The van der Waals surface area contributed by atoms with E-state index in [1.807, 2.05) is 83.8 Å². The standard InChI is InChI=1S/C28H26N4O2/c1-21-9-5-6-12-23(21)25-15-16-27(30-29-25)31-17-19-32(20-18-31)28(33)24-13-7-8-14-26(24)34-22-10-3-2-4-11-22/h2-16H,17-20H2,1H3. The zero-order chi connectivity index (χ0) is 23.3. The number of ether oxygens (including phenoxy) is 1. The lowest BCUT2D eigenvalue weighted by Gasteiger charge is -2.35. The highest BCUT2D eigenvalue weighted by Crippen LogP contribution is 2.27. The van der Waals surface area contributed by atoms with Crippen molar-refractivity contribution in [3.63, 3.8) is 0 Å². The molecule has 0 atom stereocenters. The van der Waals surface area contributed by atoms with Crippen LogP contribution in [0.4, 0.5) is 5.82 Å². The van der Waals surface area contributed by atoms with Crippen LogP contribution in [-0.2, 0) is 0 Å². The Labute approximate surface area is 199 Å². The van der Waals surface area contributed by atoms with E-state index in [1.165, 1.54) is 5.56 Å². The molecule has 4 aromatic rings. The predicted octanol–water partition coefficient (Wildman–Crippen LogP) is 5.21. The van der Waals surface area contributed by atoms with Gasteiger partial charge in [0.15, 0.2) is 5.82 Å². The second-order valence-corrected chi connectivity index (χ2v) is 8.28. The number of hydrogen-bond donors (Lipinski definition) is 0. The van der Waals surface area contributed by atoms with Crippen LogP contribution in [0.15, 0.2) is 91.0 Å². The molecule has 5 rings (SSSR count). The van der Waals surface area contributed by atoms with E-state index in [1.54, 1.807) is 0 Å². The Hall–Kier alpha value is -4.19. The van der Waals surface area contributed by atoms with Crippen molar-refractivity contribution in [3.05, 3.63) is 102 Å². The van der Waals surface area contributed by atoms with Gasteiger partial charge in [-0.3, -0.25) is 4.79 Å². The van der Waals surface area contributed by atoms with E-state index < -0.39 is 0 Å². The van der Waals surface area contributed by atoms with Crippen molar-refractivity contribution >= 4 is 11.7 Å². The maximum atomic E-state index is 13.3. The molecule has 0 spiro atoms. The summed E-state index contributed by atoms with van der Waals surface area (Å²) < 4.78 is 5.99. The largest absolute Gasteiger partial charge is 0.457 e. The Bertz CT molecular complexity index is 1270. The van der Waals surface area contributed by atoms with Crippen LogP contribution < -0.4 is 9.64 Å². The highest BCUT2D eigenvalue weighted by atomic mass is 16.5. The molecule has 1 aliphatic rings.